The standard InChI is InChI=1S/C12H12BrF5O/c1-6-4-8(5-7(2)9(6)19-3)10(13)11(14,15)12(16,17)18/h4-5,10H,1-3H3. The van der Waals surface area contributed by atoms with Gasteiger partial charge in [0.05, 0.1) is 7.11 Å². The van der Waals surface area contributed by atoms with Crippen LogP contribution in [0.25, 0.3) is 0 Å². The number of hydrogen-bond donors (Lipinski definition) is 0. The Morgan fingerprint density at radius 2 is 1.47 bits per heavy atom. The first-order chi connectivity index (χ1) is 8.52. The molecule has 0 radical (unpaired) electrons. The molecule has 0 aliphatic heterocycles. The minimum atomic E-state index is -5.61. The Labute approximate surface area is 115 Å². The quantitative estimate of drug-likeness (QED) is 0.556. The van der Waals surface area contributed by atoms with E-state index >= 15 is 0 Å². The monoisotopic (exact) mass is 346 g/mol. The van der Waals surface area contributed by atoms with Gasteiger partial charge in [-0.25, -0.2) is 0 Å². The zero-order valence-electron chi connectivity index (χ0n) is 10.4. The predicted molar refractivity (Wildman–Crippen MR) is 65.1 cm³/mol. The highest BCUT2D eigenvalue weighted by molar-refractivity contribution is 9.09. The molecule has 7 heteroatoms. The molecule has 0 amide bonds. The molecular formula is C12H12BrF5O. The Hall–Kier alpha value is -0.850. The second kappa shape index (κ2) is 5.26. The van der Waals surface area contributed by atoms with E-state index in [2.05, 4.69) is 15.9 Å². The van der Waals surface area contributed by atoms with Crippen LogP contribution in [0.4, 0.5) is 22.0 Å². The highest BCUT2D eigenvalue weighted by atomic mass is 79.9. The van der Waals surface area contributed by atoms with E-state index in [4.69, 9.17) is 4.74 Å². The fraction of sp³-hybridized carbons (Fsp3) is 0.500. The van der Waals surface area contributed by atoms with Crippen molar-refractivity contribution in [2.45, 2.75) is 30.8 Å². The van der Waals surface area contributed by atoms with Crippen molar-refractivity contribution < 1.29 is 26.7 Å². The molecule has 0 aliphatic carbocycles. The lowest BCUT2D eigenvalue weighted by Crippen LogP contribution is -2.40. The van der Waals surface area contributed by atoms with Gasteiger partial charge in [0.1, 0.15) is 10.6 Å². The summed E-state index contributed by atoms with van der Waals surface area (Å²) in [6, 6.07) is 2.51. The van der Waals surface area contributed by atoms with Gasteiger partial charge in [0.2, 0.25) is 0 Å². The van der Waals surface area contributed by atoms with E-state index in [-0.39, 0.29) is 5.56 Å². The highest BCUT2D eigenvalue weighted by Gasteiger charge is 2.62. The Kier molecular flexibility index (Phi) is 4.49. The summed E-state index contributed by atoms with van der Waals surface area (Å²) in [6.07, 6.45) is -5.61. The first kappa shape index (κ1) is 16.2. The minimum absolute atomic E-state index is 0.141. The largest absolute Gasteiger partial charge is 0.496 e. The van der Waals surface area contributed by atoms with Gasteiger partial charge in [-0.15, -0.1) is 0 Å². The molecule has 1 unspecified atom stereocenters. The summed E-state index contributed by atoms with van der Waals surface area (Å²) < 4.78 is 68.5. The third kappa shape index (κ3) is 3.01. The van der Waals surface area contributed by atoms with Gasteiger partial charge in [0, 0.05) is 0 Å². The molecule has 0 aromatic heterocycles. The van der Waals surface area contributed by atoms with Crippen LogP contribution in [0.1, 0.15) is 21.5 Å². The third-order valence-corrected chi connectivity index (χ3v) is 3.78. The lowest BCUT2D eigenvalue weighted by Gasteiger charge is -2.25. The first-order valence-electron chi connectivity index (χ1n) is 5.26. The van der Waals surface area contributed by atoms with Crippen LogP contribution in [0, 0.1) is 13.8 Å². The van der Waals surface area contributed by atoms with Crippen molar-refractivity contribution in [2.75, 3.05) is 7.11 Å². The maximum atomic E-state index is 13.3. The Morgan fingerprint density at radius 3 is 1.79 bits per heavy atom. The van der Waals surface area contributed by atoms with Gasteiger partial charge in [-0.2, -0.15) is 22.0 Å². The van der Waals surface area contributed by atoms with Crippen LogP contribution < -0.4 is 4.74 Å². The zero-order valence-corrected chi connectivity index (χ0v) is 12.0. The molecule has 1 aromatic carbocycles. The van der Waals surface area contributed by atoms with Crippen molar-refractivity contribution in [1.82, 2.24) is 0 Å². The number of ether oxygens (including phenoxy) is 1. The molecule has 0 aliphatic rings. The summed E-state index contributed by atoms with van der Waals surface area (Å²) in [6.45, 7) is 3.17. The Morgan fingerprint density at radius 1 is 1.05 bits per heavy atom. The van der Waals surface area contributed by atoms with Crippen LogP contribution in [0.3, 0.4) is 0 Å². The predicted octanol–water partition coefficient (Wildman–Crippen LogP) is 4.95. The van der Waals surface area contributed by atoms with Gasteiger partial charge in [-0.3, -0.25) is 0 Å². The average molecular weight is 347 g/mol. The van der Waals surface area contributed by atoms with Crippen LogP contribution >= 0.6 is 15.9 Å². The smallest absolute Gasteiger partial charge is 0.454 e. The van der Waals surface area contributed by atoms with Gasteiger partial charge in [0.15, 0.2) is 0 Å². The Balaban J connectivity index is 3.25. The molecule has 0 spiro atoms. The molecule has 19 heavy (non-hydrogen) atoms. The fourth-order valence-electron chi connectivity index (χ4n) is 1.81. The van der Waals surface area contributed by atoms with Crippen molar-refractivity contribution in [3.8, 4) is 5.75 Å². The van der Waals surface area contributed by atoms with Gasteiger partial charge in [-0.05, 0) is 30.5 Å². The first-order valence-corrected chi connectivity index (χ1v) is 6.17. The second-order valence-electron chi connectivity index (χ2n) is 4.17. The van der Waals surface area contributed by atoms with Crippen LogP contribution in [0.15, 0.2) is 12.1 Å². The van der Waals surface area contributed by atoms with Crippen LogP contribution in [0.2, 0.25) is 0 Å². The van der Waals surface area contributed by atoms with Crippen molar-refractivity contribution in [2.24, 2.45) is 0 Å². The molecule has 1 atom stereocenters. The summed E-state index contributed by atoms with van der Waals surface area (Å²) >= 11 is 2.45. The molecule has 0 saturated carbocycles. The molecule has 1 rings (SSSR count). The normalized spacial score (nSPS) is 14.4. The van der Waals surface area contributed by atoms with Crippen molar-refractivity contribution in [3.63, 3.8) is 0 Å². The fourth-order valence-corrected chi connectivity index (χ4v) is 2.33. The molecule has 0 fully saturated rings. The summed E-state index contributed by atoms with van der Waals surface area (Å²) in [5.41, 5.74) is 0.859. The third-order valence-electron chi connectivity index (χ3n) is 2.68. The van der Waals surface area contributed by atoms with E-state index in [1.807, 2.05) is 0 Å². The molecule has 1 nitrogen and oxygen atoms in total. The maximum Gasteiger partial charge on any atom is 0.454 e. The molecule has 0 heterocycles. The minimum Gasteiger partial charge on any atom is -0.496 e. The summed E-state index contributed by atoms with van der Waals surface area (Å²) in [7, 11) is 1.41. The van der Waals surface area contributed by atoms with E-state index in [0.29, 0.717) is 16.9 Å². The van der Waals surface area contributed by atoms with Crippen molar-refractivity contribution in [1.29, 1.82) is 0 Å². The van der Waals surface area contributed by atoms with E-state index < -0.39 is 16.9 Å². The zero-order chi connectivity index (χ0) is 15.0. The lowest BCUT2D eigenvalue weighted by atomic mass is 10.0. The number of hydrogen-bond acceptors (Lipinski definition) is 1. The number of rotatable bonds is 3. The Bertz CT molecular complexity index is 447. The van der Waals surface area contributed by atoms with E-state index in [0.717, 1.165) is 0 Å². The number of alkyl halides is 6. The number of halogens is 6. The van der Waals surface area contributed by atoms with E-state index in [1.54, 1.807) is 13.8 Å². The number of methoxy groups -OCH3 is 1. The summed E-state index contributed by atoms with van der Waals surface area (Å²) in [5, 5.41) is 0. The summed E-state index contributed by atoms with van der Waals surface area (Å²) in [5.74, 6) is -4.38. The lowest BCUT2D eigenvalue weighted by molar-refractivity contribution is -0.281. The van der Waals surface area contributed by atoms with Gasteiger partial charge in [-0.1, -0.05) is 28.1 Å². The van der Waals surface area contributed by atoms with Crippen molar-refractivity contribution in [3.05, 3.63) is 28.8 Å². The molecule has 1 aromatic rings. The van der Waals surface area contributed by atoms with Gasteiger partial charge in [0.25, 0.3) is 0 Å². The molecule has 108 valence electrons. The van der Waals surface area contributed by atoms with Gasteiger partial charge >= 0.3 is 12.1 Å². The number of aryl methyl sites for hydroxylation is 2. The maximum absolute atomic E-state index is 13.3. The van der Waals surface area contributed by atoms with Crippen molar-refractivity contribution >= 4 is 15.9 Å². The van der Waals surface area contributed by atoms with Crippen LogP contribution in [-0.4, -0.2) is 19.2 Å². The molecular weight excluding hydrogens is 335 g/mol. The topological polar surface area (TPSA) is 9.23 Å². The van der Waals surface area contributed by atoms with Crippen LogP contribution in [0.5, 0.6) is 5.75 Å². The average Bonchev–Trinajstić information content (AvgIpc) is 2.25. The highest BCUT2D eigenvalue weighted by Crippen LogP contribution is 2.49. The van der Waals surface area contributed by atoms with Gasteiger partial charge < -0.3 is 4.74 Å². The SMILES string of the molecule is COc1c(C)cc(C(Br)C(F)(F)C(F)(F)F)cc1C. The summed E-state index contributed by atoms with van der Waals surface area (Å²) in [4.78, 5) is -2.14. The molecule has 0 saturated heterocycles. The second-order valence-corrected chi connectivity index (χ2v) is 5.09. The van der Waals surface area contributed by atoms with E-state index in [9.17, 15) is 22.0 Å². The molecule has 0 N–H and O–H groups in total. The van der Waals surface area contributed by atoms with E-state index in [1.165, 1.54) is 19.2 Å². The van der Waals surface area contributed by atoms with Crippen LogP contribution in [-0.2, 0) is 0 Å². The molecule has 0 bridgehead atoms. The number of benzene rings is 1.